The monoisotopic (exact) mass is 1300 g/mol. The van der Waals surface area contributed by atoms with Gasteiger partial charge in [0, 0.05) is 82.5 Å². The van der Waals surface area contributed by atoms with Gasteiger partial charge in [-0.3, -0.25) is 0 Å². The first-order valence-corrected chi connectivity index (χ1v) is 31.0. The quantitative estimate of drug-likeness (QED) is 0.0822. The van der Waals surface area contributed by atoms with Crippen molar-refractivity contribution in [1.82, 2.24) is 33.2 Å². The molecule has 0 unspecified atom stereocenters. The third-order valence-electron chi connectivity index (χ3n) is 18.5. The zero-order valence-corrected chi connectivity index (χ0v) is 50.6. The fourth-order valence-corrected chi connectivity index (χ4v) is 14.4. The summed E-state index contributed by atoms with van der Waals surface area (Å²) in [7, 11) is 0. The summed E-state index contributed by atoms with van der Waals surface area (Å²) in [4.78, 5) is 15.5. The van der Waals surface area contributed by atoms with Gasteiger partial charge in [0.2, 0.25) is 11.6 Å². The van der Waals surface area contributed by atoms with Gasteiger partial charge in [0.05, 0.1) is 55.3 Å². The second-order valence-electron chi connectivity index (χ2n) is 23.9. The molecule has 17 heteroatoms. The number of halogens is 10. The molecule has 7 nitrogen and oxygen atoms in total. The summed E-state index contributed by atoms with van der Waals surface area (Å²) in [5.74, 6) is -21.3. The van der Waals surface area contributed by atoms with Crippen LogP contribution < -0.4 is 0 Å². The van der Waals surface area contributed by atoms with E-state index in [0.29, 0.717) is 39.7 Å². The van der Waals surface area contributed by atoms with E-state index >= 15 is 35.1 Å². The van der Waals surface area contributed by atoms with Crippen LogP contribution in [0.4, 0.5) is 43.9 Å². The lowest BCUT2D eigenvalue weighted by molar-refractivity contribution is 0.381. The molecule has 13 aromatic carbocycles. The Morgan fingerprint density at radius 3 is 0.857 bits per heavy atom. The molecule has 0 spiro atoms. The van der Waals surface area contributed by atoms with Crippen LogP contribution in [0.3, 0.4) is 0 Å². The highest BCUT2D eigenvalue weighted by atomic mass is 19.2. The smallest absolute Gasteiger partial charge is 0.200 e. The molecule has 5 aromatic heterocycles. The number of nitrogens with zero attached hydrogens (tertiary/aromatic N) is 7. The molecule has 0 atom stereocenters. The Morgan fingerprint density at radius 1 is 0.204 bits per heavy atom. The molecule has 0 N–H and O–H groups in total. The van der Waals surface area contributed by atoms with E-state index in [9.17, 15) is 8.78 Å². The van der Waals surface area contributed by atoms with Crippen LogP contribution in [0.15, 0.2) is 249 Å². The molecule has 0 saturated heterocycles. The van der Waals surface area contributed by atoms with Crippen LogP contribution in [-0.2, 0) is 0 Å². The van der Waals surface area contributed by atoms with Crippen molar-refractivity contribution in [3.63, 3.8) is 0 Å². The third kappa shape index (κ3) is 8.47. The molecule has 0 bridgehead atoms. The first-order chi connectivity index (χ1) is 47.8. The zero-order chi connectivity index (χ0) is 66.5. The number of para-hydroxylation sites is 5. The summed E-state index contributed by atoms with van der Waals surface area (Å²) in [5, 5.41) is 5.55. The van der Waals surface area contributed by atoms with Gasteiger partial charge in [-0.05, 0) is 96.1 Å². The van der Waals surface area contributed by atoms with E-state index in [2.05, 4.69) is 68.3 Å². The molecular formula is C81H41F10N7. The van der Waals surface area contributed by atoms with Gasteiger partial charge in [-0.25, -0.2) is 58.9 Å². The van der Waals surface area contributed by atoms with Gasteiger partial charge in [0.15, 0.2) is 64.0 Å². The fourth-order valence-electron chi connectivity index (χ4n) is 14.4. The van der Waals surface area contributed by atoms with Crippen LogP contribution in [0, 0.1) is 58.2 Å². The van der Waals surface area contributed by atoms with E-state index in [4.69, 9.17) is 15.0 Å². The van der Waals surface area contributed by atoms with E-state index < -0.39 is 80.4 Å². The van der Waals surface area contributed by atoms with Crippen LogP contribution in [-0.4, -0.2) is 33.2 Å². The minimum atomic E-state index is -2.39. The Bertz CT molecular complexity index is 6110. The van der Waals surface area contributed by atoms with Crippen molar-refractivity contribution >= 4 is 87.2 Å². The van der Waals surface area contributed by atoms with Gasteiger partial charge in [-0.2, -0.15) is 0 Å². The van der Waals surface area contributed by atoms with Gasteiger partial charge in [0.25, 0.3) is 0 Å². The van der Waals surface area contributed by atoms with E-state index in [1.807, 2.05) is 152 Å². The molecule has 98 heavy (non-hydrogen) atoms. The van der Waals surface area contributed by atoms with Crippen molar-refractivity contribution in [3.05, 3.63) is 307 Å². The Balaban J connectivity index is 1.03. The maximum atomic E-state index is 16.0. The lowest BCUT2D eigenvalue weighted by atomic mass is 9.98. The van der Waals surface area contributed by atoms with Crippen LogP contribution in [0.1, 0.15) is 0 Å². The molecule has 0 saturated carbocycles. The summed E-state index contributed by atoms with van der Waals surface area (Å²) >= 11 is 0. The summed E-state index contributed by atoms with van der Waals surface area (Å²) in [6.07, 6.45) is 0. The van der Waals surface area contributed by atoms with Gasteiger partial charge < -0.3 is 18.3 Å². The van der Waals surface area contributed by atoms with Gasteiger partial charge in [-0.1, -0.05) is 164 Å². The molecule has 0 aliphatic rings. The first kappa shape index (κ1) is 58.0. The minimum absolute atomic E-state index is 0.000399. The zero-order valence-electron chi connectivity index (χ0n) is 50.6. The standard InChI is InChI=1S/C81H41F10N7/c82-66-61(67(83)71(87)74(90)70(66)86)44-33-35-59-54(39-44)55-40-45(62-68(84)72(88)75(91)73(89)69(62)85)34-36-60(55)95(59)49-37-46(81-93-79(42-19-5-1-6-20-42)92-80(94-81)43-21-7-2-8-22-43)38-50(41-49)98-58-32-18-15-29-53(58)65-77-63(51-27-13-16-30-56(51)96(77)47-23-9-3-10-24-47)76-64(78(65)98)52-28-14-17-31-57(52)97(76)48-25-11-4-12-26-48/h1-41H. The highest BCUT2D eigenvalue weighted by Crippen LogP contribution is 2.51. The highest BCUT2D eigenvalue weighted by molar-refractivity contribution is 6.40. The molecule has 0 aliphatic carbocycles. The van der Waals surface area contributed by atoms with Gasteiger partial charge >= 0.3 is 0 Å². The number of rotatable bonds is 9. The number of fused-ring (bicyclic) bond motifs is 15. The average molecular weight is 1300 g/mol. The van der Waals surface area contributed by atoms with Gasteiger partial charge in [-0.15, -0.1) is 0 Å². The number of benzene rings is 13. The van der Waals surface area contributed by atoms with Crippen LogP contribution in [0.2, 0.25) is 0 Å². The number of hydrogen-bond acceptors (Lipinski definition) is 3. The Morgan fingerprint density at radius 2 is 0.490 bits per heavy atom. The summed E-state index contributed by atoms with van der Waals surface area (Å²) < 4.78 is 163. The lowest BCUT2D eigenvalue weighted by Gasteiger charge is -2.17. The largest absolute Gasteiger partial charge is 0.309 e. The maximum absolute atomic E-state index is 16.0. The van der Waals surface area contributed by atoms with E-state index in [-0.39, 0.29) is 27.6 Å². The second-order valence-corrected chi connectivity index (χ2v) is 23.9. The Kier molecular flexibility index (Phi) is 13.0. The molecule has 18 rings (SSSR count). The molecule has 0 amide bonds. The molecule has 470 valence electrons. The van der Waals surface area contributed by atoms with Crippen LogP contribution in [0.25, 0.3) is 166 Å². The molecule has 5 heterocycles. The third-order valence-corrected chi connectivity index (χ3v) is 18.5. The Hall–Kier alpha value is -12.6. The van der Waals surface area contributed by atoms with Crippen LogP contribution >= 0.6 is 0 Å². The minimum Gasteiger partial charge on any atom is -0.309 e. The van der Waals surface area contributed by atoms with E-state index in [1.54, 1.807) is 10.6 Å². The molecule has 0 radical (unpaired) electrons. The van der Waals surface area contributed by atoms with E-state index in [0.717, 1.165) is 88.9 Å². The highest BCUT2D eigenvalue weighted by Gasteiger charge is 2.33. The second kappa shape index (κ2) is 22.0. The molecule has 0 fully saturated rings. The maximum Gasteiger partial charge on any atom is 0.200 e. The normalized spacial score (nSPS) is 12.0. The van der Waals surface area contributed by atoms with Crippen molar-refractivity contribution in [2.75, 3.05) is 0 Å². The van der Waals surface area contributed by atoms with Crippen molar-refractivity contribution in [3.8, 4) is 79.2 Å². The van der Waals surface area contributed by atoms with Crippen molar-refractivity contribution in [1.29, 1.82) is 0 Å². The number of hydrogen-bond donors (Lipinski definition) is 0. The van der Waals surface area contributed by atoms with E-state index in [1.165, 1.54) is 24.3 Å². The topological polar surface area (TPSA) is 58.4 Å². The fraction of sp³-hybridized carbons (Fsp3) is 0. The molecule has 0 aliphatic heterocycles. The first-order valence-electron chi connectivity index (χ1n) is 31.0. The Labute approximate surface area is 547 Å². The summed E-state index contributed by atoms with van der Waals surface area (Å²) in [6, 6.07) is 76.7. The summed E-state index contributed by atoms with van der Waals surface area (Å²) in [5.41, 5.74) is 6.44. The van der Waals surface area contributed by atoms with Crippen molar-refractivity contribution in [2.24, 2.45) is 0 Å². The lowest BCUT2D eigenvalue weighted by Crippen LogP contribution is -2.04. The molecule has 18 aromatic rings. The predicted molar refractivity (Wildman–Crippen MR) is 364 cm³/mol. The SMILES string of the molecule is Fc1c(F)c(F)c(-c2ccc3c(c2)c2cc(-c4c(F)c(F)c(F)c(F)c4F)ccc2n3-c2cc(-c3nc(-c4ccccc4)nc(-c4ccccc4)n3)cc(-n3c4ccccc4c4c5c(c6ccccc6n5-c5ccccc5)c5c(c6ccccc6n5-c5ccccc5)c43)c2)c(F)c1F. The average Bonchev–Trinajstić information content (AvgIpc) is 1.50. The molecular weight excluding hydrogens is 1260 g/mol. The number of aromatic nitrogens is 7. The predicted octanol–water partition coefficient (Wildman–Crippen LogP) is 22.0. The van der Waals surface area contributed by atoms with Crippen molar-refractivity contribution in [2.45, 2.75) is 0 Å². The van der Waals surface area contributed by atoms with Crippen molar-refractivity contribution < 1.29 is 43.9 Å². The van der Waals surface area contributed by atoms with Gasteiger partial charge in [0.1, 0.15) is 0 Å². The van der Waals surface area contributed by atoms with Crippen LogP contribution in [0.5, 0.6) is 0 Å². The summed E-state index contributed by atoms with van der Waals surface area (Å²) in [6.45, 7) is 0.